The molecule has 2 aliphatic heterocycles. The first-order valence-electron chi connectivity index (χ1n) is 12.6. The molecule has 0 bridgehead atoms. The van der Waals surface area contributed by atoms with Crippen molar-refractivity contribution in [1.29, 1.82) is 0 Å². The molecule has 1 saturated heterocycles. The molecule has 1 fully saturated rings. The fourth-order valence-corrected chi connectivity index (χ4v) is 5.81. The van der Waals surface area contributed by atoms with Crippen molar-refractivity contribution in [3.63, 3.8) is 0 Å². The van der Waals surface area contributed by atoms with E-state index in [1.54, 1.807) is 49.4 Å². The summed E-state index contributed by atoms with van der Waals surface area (Å²) in [6.07, 6.45) is 3.66. The van der Waals surface area contributed by atoms with Crippen molar-refractivity contribution < 1.29 is 28.6 Å². The molecule has 0 spiro atoms. The summed E-state index contributed by atoms with van der Waals surface area (Å²) in [5.41, 5.74) is 3.53. The first kappa shape index (κ1) is 25.1. The minimum absolute atomic E-state index is 0.0133. The van der Waals surface area contributed by atoms with E-state index in [9.17, 15) is 23.9 Å². The lowest BCUT2D eigenvalue weighted by molar-refractivity contribution is -0.156. The van der Waals surface area contributed by atoms with E-state index in [0.29, 0.717) is 36.0 Å². The molecular formula is C30H30FNO5. The van der Waals surface area contributed by atoms with Crippen LogP contribution in [0.4, 0.5) is 4.39 Å². The van der Waals surface area contributed by atoms with Crippen molar-refractivity contribution in [1.82, 2.24) is 4.90 Å². The summed E-state index contributed by atoms with van der Waals surface area (Å²) in [4.78, 5) is 39.8. The number of amides is 2. The smallest absolute Gasteiger partial charge is 0.309 e. The molecule has 1 aliphatic carbocycles. The van der Waals surface area contributed by atoms with Crippen LogP contribution in [-0.2, 0) is 9.53 Å². The van der Waals surface area contributed by atoms with Gasteiger partial charge in [0.25, 0.3) is 11.8 Å². The molecule has 7 heteroatoms. The molecule has 37 heavy (non-hydrogen) atoms. The van der Waals surface area contributed by atoms with Crippen molar-refractivity contribution in [2.45, 2.75) is 64.7 Å². The third-order valence-electron chi connectivity index (χ3n) is 7.60. The summed E-state index contributed by atoms with van der Waals surface area (Å²) in [5, 5.41) is 10.0. The van der Waals surface area contributed by atoms with Gasteiger partial charge in [-0.1, -0.05) is 38.1 Å². The van der Waals surface area contributed by atoms with E-state index >= 15 is 0 Å². The molecule has 3 unspecified atom stereocenters. The van der Waals surface area contributed by atoms with Gasteiger partial charge in [0.15, 0.2) is 0 Å². The molecule has 1 N–H and O–H groups in total. The van der Waals surface area contributed by atoms with E-state index in [-0.39, 0.29) is 30.1 Å². The van der Waals surface area contributed by atoms with Crippen molar-refractivity contribution in [3.05, 3.63) is 88.3 Å². The van der Waals surface area contributed by atoms with Gasteiger partial charge in [-0.05, 0) is 77.8 Å². The van der Waals surface area contributed by atoms with Gasteiger partial charge >= 0.3 is 5.97 Å². The SMILES string of the molecule is Cc1cc(C2=C(C=CC3CC(O)CC(=O)O3)C(C)(C)CC(N3C(=O)c4ccccc4C3=O)C2)ccc1F. The van der Waals surface area contributed by atoms with Crippen molar-refractivity contribution in [3.8, 4) is 0 Å². The number of carbonyl (C=O) groups excluding carboxylic acids is 3. The standard InChI is InChI=1S/C30H30FNO5/c1-17-12-18(8-11-26(17)31)24-13-19(32-28(35)22-6-4-5-7-23(22)29(32)36)16-30(2,3)25(24)10-9-21-14-20(33)15-27(34)37-21/h4-12,19-21,33H,13-16H2,1-3H3. The number of allylic oxidation sites excluding steroid dienone is 2. The normalized spacial score (nSPS) is 25.6. The Morgan fingerprint density at radius 3 is 2.35 bits per heavy atom. The van der Waals surface area contributed by atoms with Crippen LogP contribution >= 0.6 is 0 Å². The zero-order chi connectivity index (χ0) is 26.5. The van der Waals surface area contributed by atoms with Gasteiger partial charge in [-0.2, -0.15) is 0 Å². The third kappa shape index (κ3) is 4.64. The highest BCUT2D eigenvalue weighted by Gasteiger charge is 2.45. The fourth-order valence-electron chi connectivity index (χ4n) is 5.81. The molecule has 3 atom stereocenters. The molecule has 2 aromatic rings. The molecular weight excluding hydrogens is 473 g/mol. The second-order valence-corrected chi connectivity index (χ2v) is 10.8. The summed E-state index contributed by atoms with van der Waals surface area (Å²) in [5.74, 6) is -1.34. The number of aliphatic hydroxyl groups excluding tert-OH is 1. The van der Waals surface area contributed by atoms with Gasteiger partial charge in [-0.3, -0.25) is 19.3 Å². The number of hydrogen-bond donors (Lipinski definition) is 1. The lowest BCUT2D eigenvalue weighted by Crippen LogP contribution is -2.45. The van der Waals surface area contributed by atoms with E-state index in [4.69, 9.17) is 4.74 Å². The minimum Gasteiger partial charge on any atom is -0.458 e. The summed E-state index contributed by atoms with van der Waals surface area (Å²) in [6.45, 7) is 5.80. The number of hydrogen-bond acceptors (Lipinski definition) is 5. The predicted molar refractivity (Wildman–Crippen MR) is 136 cm³/mol. The van der Waals surface area contributed by atoms with Crippen LogP contribution in [0, 0.1) is 18.2 Å². The third-order valence-corrected chi connectivity index (χ3v) is 7.60. The maximum atomic E-state index is 14.2. The van der Waals surface area contributed by atoms with Crippen LogP contribution in [0.5, 0.6) is 0 Å². The Kier molecular flexibility index (Phi) is 6.36. The van der Waals surface area contributed by atoms with Crippen molar-refractivity contribution in [2.24, 2.45) is 5.41 Å². The zero-order valence-corrected chi connectivity index (χ0v) is 21.2. The van der Waals surface area contributed by atoms with Gasteiger partial charge in [0.05, 0.1) is 23.7 Å². The zero-order valence-electron chi connectivity index (χ0n) is 21.2. The van der Waals surface area contributed by atoms with Crippen LogP contribution in [0.2, 0.25) is 0 Å². The number of benzene rings is 2. The summed E-state index contributed by atoms with van der Waals surface area (Å²) in [7, 11) is 0. The predicted octanol–water partition coefficient (Wildman–Crippen LogP) is 5.00. The Hall–Kier alpha value is -3.58. The van der Waals surface area contributed by atoms with E-state index in [0.717, 1.165) is 16.7 Å². The average Bonchev–Trinajstić information content (AvgIpc) is 3.09. The number of ether oxygens (including phenoxy) is 1. The largest absolute Gasteiger partial charge is 0.458 e. The van der Waals surface area contributed by atoms with Gasteiger partial charge in [0.1, 0.15) is 11.9 Å². The number of nitrogens with zero attached hydrogens (tertiary/aromatic N) is 1. The van der Waals surface area contributed by atoms with Gasteiger partial charge in [0.2, 0.25) is 0 Å². The maximum absolute atomic E-state index is 14.2. The van der Waals surface area contributed by atoms with E-state index in [1.165, 1.54) is 11.0 Å². The molecule has 2 amide bonds. The van der Waals surface area contributed by atoms with Crippen molar-refractivity contribution in [2.75, 3.05) is 0 Å². The number of rotatable bonds is 4. The quantitative estimate of drug-likeness (QED) is 0.469. The Labute approximate surface area is 215 Å². The molecule has 2 aromatic carbocycles. The lowest BCUT2D eigenvalue weighted by atomic mass is 9.68. The second-order valence-electron chi connectivity index (χ2n) is 10.8. The Balaban J connectivity index is 1.56. The van der Waals surface area contributed by atoms with Crippen LogP contribution in [0.25, 0.3) is 5.57 Å². The fraction of sp³-hybridized carbons (Fsp3) is 0.367. The molecule has 192 valence electrons. The van der Waals surface area contributed by atoms with Gasteiger partial charge in [-0.15, -0.1) is 0 Å². The monoisotopic (exact) mass is 503 g/mol. The van der Waals surface area contributed by atoms with Crippen LogP contribution in [0.1, 0.15) is 71.4 Å². The Morgan fingerprint density at radius 2 is 1.73 bits per heavy atom. The van der Waals surface area contributed by atoms with Crippen LogP contribution < -0.4 is 0 Å². The van der Waals surface area contributed by atoms with Gasteiger partial charge < -0.3 is 9.84 Å². The van der Waals surface area contributed by atoms with E-state index < -0.39 is 23.6 Å². The van der Waals surface area contributed by atoms with E-state index in [1.807, 2.05) is 6.08 Å². The number of cyclic esters (lactones) is 1. The number of fused-ring (bicyclic) bond motifs is 1. The van der Waals surface area contributed by atoms with Gasteiger partial charge in [-0.25, -0.2) is 4.39 Å². The highest BCUT2D eigenvalue weighted by molar-refractivity contribution is 6.21. The molecule has 2 heterocycles. The highest BCUT2D eigenvalue weighted by Crippen LogP contribution is 2.47. The number of aliphatic hydroxyl groups is 1. The number of carbonyl (C=O) groups is 3. The van der Waals surface area contributed by atoms with Gasteiger partial charge in [0, 0.05) is 12.5 Å². The number of aryl methyl sites for hydroxylation is 1. The van der Waals surface area contributed by atoms with Crippen molar-refractivity contribution >= 4 is 23.4 Å². The van der Waals surface area contributed by atoms with Crippen LogP contribution in [-0.4, -0.2) is 46.0 Å². The molecule has 0 saturated carbocycles. The maximum Gasteiger partial charge on any atom is 0.309 e. The number of esters is 1. The molecule has 3 aliphatic rings. The summed E-state index contributed by atoms with van der Waals surface area (Å²) in [6, 6.07) is 11.4. The van der Waals surface area contributed by atoms with Crippen LogP contribution in [0.3, 0.4) is 0 Å². The summed E-state index contributed by atoms with van der Waals surface area (Å²) >= 11 is 0. The second kappa shape index (κ2) is 9.38. The molecule has 0 radical (unpaired) electrons. The van der Waals surface area contributed by atoms with Crippen LogP contribution in [0.15, 0.2) is 60.2 Å². The lowest BCUT2D eigenvalue weighted by Gasteiger charge is -2.41. The molecule has 6 nitrogen and oxygen atoms in total. The Bertz CT molecular complexity index is 1320. The molecule has 5 rings (SSSR count). The Morgan fingerprint density at radius 1 is 1.05 bits per heavy atom. The minimum atomic E-state index is -0.748. The highest BCUT2D eigenvalue weighted by atomic mass is 19.1. The first-order valence-corrected chi connectivity index (χ1v) is 12.6. The topological polar surface area (TPSA) is 83.9 Å². The number of halogens is 1. The first-order chi connectivity index (χ1) is 17.5. The van der Waals surface area contributed by atoms with E-state index in [2.05, 4.69) is 13.8 Å². The summed E-state index contributed by atoms with van der Waals surface area (Å²) < 4.78 is 19.6. The molecule has 0 aromatic heterocycles. The average molecular weight is 504 g/mol. The number of imide groups is 1.